The molecule has 8 nitrogen and oxygen atoms in total. The third-order valence-electron chi connectivity index (χ3n) is 6.50. The van der Waals surface area contributed by atoms with Crippen molar-refractivity contribution in [2.45, 2.75) is 25.4 Å². The molecule has 5 rings (SSSR count). The largest absolute Gasteiger partial charge is 0.619 e. The van der Waals surface area contributed by atoms with E-state index < -0.39 is 0 Å². The van der Waals surface area contributed by atoms with Gasteiger partial charge in [0.2, 0.25) is 6.79 Å². The van der Waals surface area contributed by atoms with Crippen LogP contribution in [-0.2, 0) is 6.54 Å². The summed E-state index contributed by atoms with van der Waals surface area (Å²) in [5.74, 6) is 1.69. The molecule has 0 aliphatic carbocycles. The van der Waals surface area contributed by atoms with Crippen LogP contribution in [0.1, 0.15) is 28.8 Å². The maximum Gasteiger partial charge on any atom is 0.254 e. The Morgan fingerprint density at radius 3 is 2.61 bits per heavy atom. The average Bonchev–Trinajstić information content (AvgIpc) is 3.28. The van der Waals surface area contributed by atoms with Crippen molar-refractivity contribution in [1.29, 1.82) is 0 Å². The lowest BCUT2D eigenvalue weighted by Crippen LogP contribution is -2.55. The third-order valence-corrected chi connectivity index (χ3v) is 6.50. The number of aromatic nitrogens is 1. The molecule has 0 saturated carbocycles. The predicted molar refractivity (Wildman–Crippen MR) is 114 cm³/mol. The average molecular weight is 425 g/mol. The molecule has 164 valence electrons. The molecule has 0 bridgehead atoms. The van der Waals surface area contributed by atoms with Crippen LogP contribution in [0.4, 0.5) is 0 Å². The Kier molecular flexibility index (Phi) is 5.65. The molecule has 0 spiro atoms. The molecule has 8 heteroatoms. The summed E-state index contributed by atoms with van der Waals surface area (Å²) in [5, 5.41) is 11.2. The van der Waals surface area contributed by atoms with Crippen LogP contribution in [0.3, 0.4) is 0 Å². The number of rotatable bonds is 4. The quantitative estimate of drug-likeness (QED) is 0.547. The van der Waals surface area contributed by atoms with Gasteiger partial charge >= 0.3 is 0 Å². The molecule has 1 aromatic carbocycles. The predicted octanol–water partition coefficient (Wildman–Crippen LogP) is 1.47. The highest BCUT2D eigenvalue weighted by Gasteiger charge is 2.30. The lowest BCUT2D eigenvalue weighted by molar-refractivity contribution is -0.605. The van der Waals surface area contributed by atoms with Crippen molar-refractivity contribution in [1.82, 2.24) is 14.7 Å². The Hall–Kier alpha value is -2.84. The summed E-state index contributed by atoms with van der Waals surface area (Å²) in [5.41, 5.74) is 1.83. The molecule has 1 amide bonds. The number of pyridine rings is 1. The summed E-state index contributed by atoms with van der Waals surface area (Å²) in [6.07, 6.45) is 4.91. The Morgan fingerprint density at radius 2 is 1.81 bits per heavy atom. The highest BCUT2D eigenvalue weighted by molar-refractivity contribution is 5.94. The third kappa shape index (κ3) is 4.45. The summed E-state index contributed by atoms with van der Waals surface area (Å²) in [7, 11) is 0. The number of nitrogens with zero attached hydrogens (tertiary/aromatic N) is 4. The highest BCUT2D eigenvalue weighted by atomic mass is 16.7. The van der Waals surface area contributed by atoms with E-state index in [0.29, 0.717) is 23.1 Å². The Morgan fingerprint density at radius 1 is 1.03 bits per heavy atom. The second-order valence-corrected chi connectivity index (χ2v) is 8.49. The van der Waals surface area contributed by atoms with Gasteiger partial charge in [0.05, 0.1) is 5.56 Å². The number of hydrogen-bond acceptors (Lipinski definition) is 6. The second kappa shape index (κ2) is 8.72. The van der Waals surface area contributed by atoms with Crippen LogP contribution in [0.5, 0.6) is 11.5 Å². The van der Waals surface area contributed by atoms with E-state index >= 15 is 0 Å². The van der Waals surface area contributed by atoms with Crippen LogP contribution >= 0.6 is 0 Å². The summed E-state index contributed by atoms with van der Waals surface area (Å²) in [4.78, 5) is 19.8. The van der Waals surface area contributed by atoms with Crippen molar-refractivity contribution in [3.8, 4) is 11.5 Å². The molecule has 2 saturated heterocycles. The molecule has 1 atom stereocenters. The number of carbonyl (C=O) groups excluding carboxylic acids is 1. The lowest BCUT2D eigenvalue weighted by Gasteiger charge is -2.43. The number of hydrogen-bond donors (Lipinski definition) is 0. The molecule has 0 radical (unpaired) electrons. The van der Waals surface area contributed by atoms with Gasteiger partial charge in [0.1, 0.15) is 0 Å². The normalized spacial score (nSPS) is 21.9. The zero-order valence-electron chi connectivity index (χ0n) is 17.6. The Labute approximate surface area is 182 Å². The second-order valence-electron chi connectivity index (χ2n) is 8.49. The first kappa shape index (κ1) is 20.1. The molecule has 0 unspecified atom stereocenters. The van der Waals surface area contributed by atoms with Crippen LogP contribution in [0.15, 0.2) is 42.7 Å². The van der Waals surface area contributed by atoms with Crippen LogP contribution in [0.2, 0.25) is 0 Å². The number of fused-ring (bicyclic) bond motifs is 1. The van der Waals surface area contributed by atoms with E-state index in [-0.39, 0.29) is 5.91 Å². The van der Waals surface area contributed by atoms with E-state index in [0.717, 1.165) is 70.2 Å². The van der Waals surface area contributed by atoms with E-state index in [1.807, 2.05) is 11.0 Å². The van der Waals surface area contributed by atoms with Crippen molar-refractivity contribution >= 4 is 5.91 Å². The number of benzene rings is 1. The fourth-order valence-electron chi connectivity index (χ4n) is 4.76. The molecule has 3 aliphatic rings. The van der Waals surface area contributed by atoms with Gasteiger partial charge in [0.15, 0.2) is 23.9 Å². The standard InChI is InChI=1S/C23H28N4O4/c28-23(19-5-8-27(29)9-6-19)26-7-1-2-20(16-26)25-12-10-24(11-13-25)15-18-3-4-21-22(14-18)31-17-30-21/h3-6,8-9,14,20H,1-2,7,10-13,15-17H2/t20-/m0/s1. The van der Waals surface area contributed by atoms with Crippen molar-refractivity contribution in [2.24, 2.45) is 0 Å². The maximum atomic E-state index is 12.8. The van der Waals surface area contributed by atoms with Gasteiger partial charge in [-0.05, 0) is 30.5 Å². The van der Waals surface area contributed by atoms with E-state index in [1.165, 1.54) is 18.0 Å². The van der Waals surface area contributed by atoms with E-state index in [9.17, 15) is 10.0 Å². The molecule has 1 aromatic heterocycles. The number of ether oxygens (including phenoxy) is 2. The molecular formula is C23H28N4O4. The number of carbonyl (C=O) groups is 1. The minimum absolute atomic E-state index is 0.0201. The highest BCUT2D eigenvalue weighted by Crippen LogP contribution is 2.33. The first-order chi connectivity index (χ1) is 15.2. The number of likely N-dealkylation sites (tertiary alicyclic amines) is 1. The number of piperazine rings is 1. The number of amides is 1. The molecule has 31 heavy (non-hydrogen) atoms. The van der Waals surface area contributed by atoms with Crippen LogP contribution in [0.25, 0.3) is 0 Å². The SMILES string of the molecule is O=C(c1cc[n+]([O-])cc1)N1CCC[C@H](N2CCN(Cc3ccc4c(c3)OCO4)CC2)C1. The van der Waals surface area contributed by atoms with E-state index in [1.54, 1.807) is 12.1 Å². The zero-order valence-corrected chi connectivity index (χ0v) is 17.6. The van der Waals surface area contributed by atoms with Gasteiger partial charge in [-0.25, -0.2) is 0 Å². The summed E-state index contributed by atoms with van der Waals surface area (Å²) >= 11 is 0. The Bertz CT molecular complexity index is 928. The van der Waals surface area contributed by atoms with E-state index in [2.05, 4.69) is 21.9 Å². The smallest absolute Gasteiger partial charge is 0.254 e. The number of piperidine rings is 1. The fraction of sp³-hybridized carbons (Fsp3) is 0.478. The van der Waals surface area contributed by atoms with Gasteiger partial charge in [-0.3, -0.25) is 14.6 Å². The van der Waals surface area contributed by atoms with Crippen molar-refractivity contribution in [3.63, 3.8) is 0 Å². The molecule has 0 N–H and O–H groups in total. The van der Waals surface area contributed by atoms with Crippen molar-refractivity contribution < 1.29 is 19.0 Å². The zero-order chi connectivity index (χ0) is 21.2. The first-order valence-electron chi connectivity index (χ1n) is 11.0. The molecular weight excluding hydrogens is 396 g/mol. The minimum Gasteiger partial charge on any atom is -0.619 e. The van der Waals surface area contributed by atoms with Gasteiger partial charge in [-0.1, -0.05) is 6.07 Å². The van der Waals surface area contributed by atoms with Crippen LogP contribution in [0, 0.1) is 5.21 Å². The molecule has 2 aromatic rings. The van der Waals surface area contributed by atoms with Crippen molar-refractivity contribution in [2.75, 3.05) is 46.1 Å². The summed E-state index contributed by atoms with van der Waals surface area (Å²) in [6.45, 7) is 6.81. The van der Waals surface area contributed by atoms with Gasteiger partial charge in [-0.2, -0.15) is 4.73 Å². The minimum atomic E-state index is 0.0201. The summed E-state index contributed by atoms with van der Waals surface area (Å²) in [6, 6.07) is 9.80. The van der Waals surface area contributed by atoms with Gasteiger partial charge in [0, 0.05) is 64.0 Å². The topological polar surface area (TPSA) is 72.2 Å². The van der Waals surface area contributed by atoms with Gasteiger partial charge in [0.25, 0.3) is 5.91 Å². The molecule has 3 aliphatic heterocycles. The summed E-state index contributed by atoms with van der Waals surface area (Å²) < 4.78 is 11.6. The molecule has 2 fully saturated rings. The van der Waals surface area contributed by atoms with Gasteiger partial charge < -0.3 is 19.6 Å². The van der Waals surface area contributed by atoms with E-state index in [4.69, 9.17) is 9.47 Å². The van der Waals surface area contributed by atoms with Gasteiger partial charge in [-0.15, -0.1) is 0 Å². The fourth-order valence-corrected chi connectivity index (χ4v) is 4.76. The lowest BCUT2D eigenvalue weighted by atomic mass is 10.0. The van der Waals surface area contributed by atoms with Crippen LogP contribution < -0.4 is 14.2 Å². The van der Waals surface area contributed by atoms with Crippen LogP contribution in [-0.4, -0.2) is 72.7 Å². The van der Waals surface area contributed by atoms with Crippen molar-refractivity contribution in [3.05, 3.63) is 59.1 Å². The maximum absolute atomic E-state index is 12.8. The molecule has 4 heterocycles. The monoisotopic (exact) mass is 424 g/mol. The first-order valence-corrected chi connectivity index (χ1v) is 11.0. The Balaban J connectivity index is 1.14.